The van der Waals surface area contributed by atoms with Crippen LogP contribution in [0.4, 0.5) is 5.69 Å². The van der Waals surface area contributed by atoms with Crippen molar-refractivity contribution in [2.75, 3.05) is 11.9 Å². The molecule has 1 unspecified atom stereocenters. The number of amides is 1. The van der Waals surface area contributed by atoms with Crippen LogP contribution < -0.4 is 5.32 Å². The highest BCUT2D eigenvalue weighted by Crippen LogP contribution is 2.48. The smallest absolute Gasteiger partial charge is 0.341 e. The molecule has 0 radical (unpaired) electrons. The Bertz CT molecular complexity index is 865. The molecule has 0 bridgehead atoms. The predicted octanol–water partition coefficient (Wildman–Crippen LogP) is 3.37. The zero-order valence-electron chi connectivity index (χ0n) is 14.2. The highest BCUT2D eigenvalue weighted by molar-refractivity contribution is 6.34. The number of halogens is 1. The van der Waals surface area contributed by atoms with Crippen molar-refractivity contribution in [1.82, 2.24) is 0 Å². The molecule has 7 heteroatoms. The van der Waals surface area contributed by atoms with Crippen LogP contribution in [-0.2, 0) is 14.3 Å². The normalized spacial score (nSPS) is 18.4. The zero-order valence-corrected chi connectivity index (χ0v) is 14.9. The third kappa shape index (κ3) is 3.49. The van der Waals surface area contributed by atoms with Gasteiger partial charge in [0, 0.05) is 11.5 Å². The molecule has 1 amide bonds. The van der Waals surface area contributed by atoms with Crippen molar-refractivity contribution in [3.8, 4) is 6.07 Å². The van der Waals surface area contributed by atoms with Gasteiger partial charge < -0.3 is 10.1 Å². The molecule has 1 saturated carbocycles. The van der Waals surface area contributed by atoms with E-state index in [-0.39, 0.29) is 30.2 Å². The number of nitrogens with one attached hydrogen (secondary N) is 1. The Morgan fingerprint density at radius 1 is 1.38 bits per heavy atom. The maximum Gasteiger partial charge on any atom is 0.341 e. The number of ether oxygens (including phenoxy) is 1. The first-order chi connectivity index (χ1) is 12.5. The molecule has 0 heterocycles. The van der Waals surface area contributed by atoms with Gasteiger partial charge in [-0.1, -0.05) is 17.7 Å². The fourth-order valence-electron chi connectivity index (χ4n) is 3.13. The van der Waals surface area contributed by atoms with Crippen molar-refractivity contribution < 1.29 is 19.1 Å². The molecule has 0 aromatic heterocycles. The van der Waals surface area contributed by atoms with E-state index in [1.807, 2.05) is 0 Å². The molecule has 0 spiro atoms. The quantitative estimate of drug-likeness (QED) is 0.631. The summed E-state index contributed by atoms with van der Waals surface area (Å²) in [6.07, 6.45) is 3.40. The Hall–Kier alpha value is -2.65. The second kappa shape index (κ2) is 7.30. The molecule has 1 aromatic carbocycles. The van der Waals surface area contributed by atoms with Crippen molar-refractivity contribution in [2.45, 2.75) is 32.1 Å². The number of Topliss-reactive ketones (excluding diaryl/α,β-unsaturated/α-hetero) is 1. The summed E-state index contributed by atoms with van der Waals surface area (Å²) in [6, 6.07) is 4.90. The van der Waals surface area contributed by atoms with E-state index in [1.54, 1.807) is 25.1 Å². The van der Waals surface area contributed by atoms with Crippen LogP contribution in [0.2, 0.25) is 5.02 Å². The topological polar surface area (TPSA) is 96.3 Å². The van der Waals surface area contributed by atoms with Gasteiger partial charge in [0.25, 0.3) is 0 Å². The second-order valence-corrected chi connectivity index (χ2v) is 6.70. The summed E-state index contributed by atoms with van der Waals surface area (Å²) in [7, 11) is 0. The Balaban J connectivity index is 2.02. The largest absolute Gasteiger partial charge is 0.462 e. The number of carbonyl (C=O) groups is 3. The summed E-state index contributed by atoms with van der Waals surface area (Å²) in [5.41, 5.74) is 1.37. The van der Waals surface area contributed by atoms with Crippen molar-refractivity contribution >= 4 is 34.9 Å². The van der Waals surface area contributed by atoms with Gasteiger partial charge in [-0.05, 0) is 43.4 Å². The summed E-state index contributed by atoms with van der Waals surface area (Å²) < 4.78 is 5.01. The van der Waals surface area contributed by atoms with Crippen LogP contribution in [-0.4, -0.2) is 24.3 Å². The van der Waals surface area contributed by atoms with E-state index in [9.17, 15) is 14.4 Å². The number of hydrogen-bond acceptors (Lipinski definition) is 5. The number of rotatable bonds is 5. The molecular formula is C19H17ClN2O4. The van der Waals surface area contributed by atoms with Crippen LogP contribution >= 0.6 is 11.6 Å². The lowest BCUT2D eigenvalue weighted by Gasteiger charge is -2.24. The minimum absolute atomic E-state index is 0.0212. The average molecular weight is 373 g/mol. The average Bonchev–Trinajstić information content (AvgIpc) is 3.42. The fourth-order valence-corrected chi connectivity index (χ4v) is 3.35. The number of benzene rings is 1. The fraction of sp³-hybridized carbons (Fsp3) is 0.368. The summed E-state index contributed by atoms with van der Waals surface area (Å²) in [5, 5.41) is 11.4. The van der Waals surface area contributed by atoms with Crippen LogP contribution in [0.1, 0.15) is 48.0 Å². The van der Waals surface area contributed by atoms with E-state index < -0.39 is 17.7 Å². The maximum atomic E-state index is 12.8. The van der Waals surface area contributed by atoms with Crippen molar-refractivity contribution in [2.24, 2.45) is 5.92 Å². The lowest BCUT2D eigenvalue weighted by atomic mass is 9.80. The number of allylic oxidation sites excluding steroid dienone is 1. The van der Waals surface area contributed by atoms with Gasteiger partial charge in [-0.15, -0.1) is 0 Å². The summed E-state index contributed by atoms with van der Waals surface area (Å²) in [4.78, 5) is 36.7. The number of esters is 1. The molecule has 1 fully saturated rings. The molecule has 0 aliphatic heterocycles. The van der Waals surface area contributed by atoms with Gasteiger partial charge in [-0.25, -0.2) is 4.79 Å². The van der Waals surface area contributed by atoms with Crippen LogP contribution in [0.5, 0.6) is 0 Å². The number of nitriles is 1. The monoisotopic (exact) mass is 372 g/mol. The number of hydrogen-bond donors (Lipinski definition) is 1. The summed E-state index contributed by atoms with van der Waals surface area (Å²) >= 11 is 6.27. The summed E-state index contributed by atoms with van der Waals surface area (Å²) in [6.45, 7) is 1.86. The lowest BCUT2D eigenvalue weighted by molar-refractivity contribution is -0.138. The lowest BCUT2D eigenvalue weighted by Crippen LogP contribution is -2.24. The van der Waals surface area contributed by atoms with Crippen molar-refractivity contribution in [3.05, 3.63) is 39.9 Å². The molecule has 26 heavy (non-hydrogen) atoms. The van der Waals surface area contributed by atoms with E-state index in [1.165, 1.54) is 6.07 Å². The first-order valence-electron chi connectivity index (χ1n) is 8.40. The third-order valence-electron chi connectivity index (χ3n) is 4.47. The Morgan fingerprint density at radius 3 is 2.73 bits per heavy atom. The molecule has 2 aliphatic carbocycles. The van der Waals surface area contributed by atoms with Crippen LogP contribution in [0.15, 0.2) is 23.8 Å². The molecule has 3 rings (SSSR count). The molecular weight excluding hydrogens is 356 g/mol. The van der Waals surface area contributed by atoms with E-state index in [2.05, 4.69) is 5.32 Å². The van der Waals surface area contributed by atoms with Crippen LogP contribution in [0.3, 0.4) is 0 Å². The molecule has 134 valence electrons. The molecule has 0 saturated heterocycles. The number of nitrogens with zero attached hydrogens (tertiary/aromatic N) is 1. The zero-order chi connectivity index (χ0) is 18.8. The van der Waals surface area contributed by atoms with Gasteiger partial charge in [0.05, 0.1) is 23.4 Å². The van der Waals surface area contributed by atoms with E-state index in [0.29, 0.717) is 16.5 Å². The Labute approximate surface area is 155 Å². The maximum absolute atomic E-state index is 12.8. The highest BCUT2D eigenvalue weighted by atomic mass is 35.5. The molecule has 6 nitrogen and oxygen atoms in total. The minimum atomic E-state index is -0.640. The number of anilines is 1. The first-order valence-corrected chi connectivity index (χ1v) is 8.78. The molecule has 1 atom stereocenters. The van der Waals surface area contributed by atoms with Gasteiger partial charge in [0.15, 0.2) is 5.78 Å². The number of ketones is 1. The second-order valence-electron chi connectivity index (χ2n) is 6.30. The standard InChI is InChI=1S/C19H17ClN2O4/c1-2-26-19(25)14-7-11(10-3-4-10)12-8-15(20)16(9-13(12)18(14)24)22-17(23)5-6-21/h7-11H,2-5H2,1H3,(H,22,23). The number of carbonyl (C=O) groups excluding carboxylic acids is 3. The number of fused-ring (bicyclic) bond motifs is 1. The first kappa shape index (κ1) is 18.2. The highest BCUT2D eigenvalue weighted by Gasteiger charge is 2.39. The van der Waals surface area contributed by atoms with E-state index >= 15 is 0 Å². The van der Waals surface area contributed by atoms with Crippen LogP contribution in [0.25, 0.3) is 0 Å². The Morgan fingerprint density at radius 2 is 2.12 bits per heavy atom. The minimum Gasteiger partial charge on any atom is -0.462 e. The molecule has 1 aromatic rings. The van der Waals surface area contributed by atoms with Crippen LogP contribution in [0, 0.1) is 17.2 Å². The van der Waals surface area contributed by atoms with Gasteiger partial charge in [0.2, 0.25) is 5.91 Å². The predicted molar refractivity (Wildman–Crippen MR) is 94.8 cm³/mol. The van der Waals surface area contributed by atoms with Gasteiger partial charge in [-0.3, -0.25) is 9.59 Å². The van der Waals surface area contributed by atoms with Crippen molar-refractivity contribution in [3.63, 3.8) is 0 Å². The SMILES string of the molecule is CCOC(=O)C1=CC(C2CC2)c2cc(Cl)c(NC(=O)CC#N)cc2C1=O. The summed E-state index contributed by atoms with van der Waals surface area (Å²) in [5.74, 6) is -1.32. The van der Waals surface area contributed by atoms with Gasteiger partial charge >= 0.3 is 5.97 Å². The van der Waals surface area contributed by atoms with Crippen molar-refractivity contribution in [1.29, 1.82) is 5.26 Å². The third-order valence-corrected chi connectivity index (χ3v) is 4.79. The molecule has 2 aliphatic rings. The van der Waals surface area contributed by atoms with Gasteiger partial charge in [0.1, 0.15) is 12.0 Å². The molecule has 1 N–H and O–H groups in total. The van der Waals surface area contributed by atoms with E-state index in [4.69, 9.17) is 21.6 Å². The van der Waals surface area contributed by atoms with Gasteiger partial charge in [-0.2, -0.15) is 5.26 Å². The Kier molecular flexibility index (Phi) is 5.10. The van der Waals surface area contributed by atoms with E-state index in [0.717, 1.165) is 18.4 Å².